The molecule has 1 aromatic carbocycles. The summed E-state index contributed by atoms with van der Waals surface area (Å²) in [6, 6.07) is 2.65. The van der Waals surface area contributed by atoms with E-state index in [9.17, 15) is 13.2 Å². The molecule has 0 heterocycles. The predicted octanol–water partition coefficient (Wildman–Crippen LogP) is -0.170. The molecule has 9 heteroatoms. The second-order valence-electron chi connectivity index (χ2n) is 4.21. The lowest BCUT2D eigenvalue weighted by atomic mass is 10.3. The number of amides is 1. The molecule has 0 fully saturated rings. The molecule has 0 unspecified atom stereocenters. The fraction of sp³-hybridized carbons (Fsp3) is 0.417. The molecule has 1 aromatic rings. The van der Waals surface area contributed by atoms with E-state index in [-0.39, 0.29) is 29.3 Å². The molecule has 0 radical (unpaired) electrons. The summed E-state index contributed by atoms with van der Waals surface area (Å²) in [5, 5.41) is 0. The van der Waals surface area contributed by atoms with Gasteiger partial charge in [-0.25, -0.2) is 13.1 Å². The fourth-order valence-electron chi connectivity index (χ4n) is 1.65. The summed E-state index contributed by atoms with van der Waals surface area (Å²) >= 11 is 0. The van der Waals surface area contributed by atoms with Crippen molar-refractivity contribution < 1.29 is 22.7 Å². The van der Waals surface area contributed by atoms with Gasteiger partial charge in [0.1, 0.15) is 16.4 Å². The second-order valence-corrected chi connectivity index (χ2v) is 5.95. The molecule has 1 amide bonds. The third-order valence-corrected chi connectivity index (χ3v) is 4.18. The summed E-state index contributed by atoms with van der Waals surface area (Å²) in [7, 11) is -1.05. The van der Waals surface area contributed by atoms with Crippen molar-refractivity contribution in [1.29, 1.82) is 0 Å². The number of anilines is 1. The van der Waals surface area contributed by atoms with Crippen molar-refractivity contribution in [3.05, 3.63) is 12.1 Å². The lowest BCUT2D eigenvalue weighted by Crippen LogP contribution is -2.26. The molecule has 118 valence electrons. The predicted molar refractivity (Wildman–Crippen MR) is 77.6 cm³/mol. The average molecular weight is 317 g/mol. The van der Waals surface area contributed by atoms with Gasteiger partial charge in [0.05, 0.1) is 19.9 Å². The number of nitrogens with two attached hydrogens (primary N) is 2. The minimum atomic E-state index is -3.81. The van der Waals surface area contributed by atoms with Crippen LogP contribution in [0.3, 0.4) is 0 Å². The maximum atomic E-state index is 12.2. The Hall–Kier alpha value is -2.00. The fourth-order valence-corrected chi connectivity index (χ4v) is 2.91. The molecule has 0 saturated heterocycles. The highest BCUT2D eigenvalue weighted by Crippen LogP contribution is 2.33. The van der Waals surface area contributed by atoms with Gasteiger partial charge in [0.15, 0.2) is 0 Å². The summed E-state index contributed by atoms with van der Waals surface area (Å²) in [5.74, 6) is -0.0524. The van der Waals surface area contributed by atoms with Crippen molar-refractivity contribution in [2.24, 2.45) is 5.73 Å². The highest BCUT2D eigenvalue weighted by atomic mass is 32.2. The minimum absolute atomic E-state index is 0.0837. The standard InChI is InChI=1S/C12H19N3O5S/c1-19-9-7-10(20-2)11(6-8(9)13)21(17,18)15-5-3-4-12(14)16/h6-7,15H,3-5,13H2,1-2H3,(H2,14,16). The first kappa shape index (κ1) is 17.1. The van der Waals surface area contributed by atoms with Gasteiger partial charge in [-0.15, -0.1) is 0 Å². The van der Waals surface area contributed by atoms with Gasteiger partial charge in [0, 0.05) is 19.0 Å². The van der Waals surface area contributed by atoms with Crippen molar-refractivity contribution in [3.8, 4) is 11.5 Å². The molecule has 0 bridgehead atoms. The number of carbonyl (C=O) groups excluding carboxylic acids is 1. The Morgan fingerprint density at radius 2 is 1.86 bits per heavy atom. The van der Waals surface area contributed by atoms with Gasteiger partial charge < -0.3 is 20.9 Å². The summed E-state index contributed by atoms with van der Waals surface area (Å²) in [5.41, 5.74) is 10.9. The SMILES string of the molecule is COc1cc(OC)c(S(=O)(=O)NCCCC(N)=O)cc1N. The topological polar surface area (TPSA) is 134 Å². The monoisotopic (exact) mass is 317 g/mol. The number of sulfonamides is 1. The van der Waals surface area contributed by atoms with Crippen molar-refractivity contribution in [3.63, 3.8) is 0 Å². The van der Waals surface area contributed by atoms with Gasteiger partial charge in [-0.05, 0) is 12.5 Å². The van der Waals surface area contributed by atoms with Gasteiger partial charge in [-0.1, -0.05) is 0 Å². The first-order chi connectivity index (χ1) is 9.81. The number of nitrogen functional groups attached to an aromatic ring is 1. The number of primary amides is 1. The molecule has 21 heavy (non-hydrogen) atoms. The molecule has 0 atom stereocenters. The number of hydrogen-bond acceptors (Lipinski definition) is 6. The maximum Gasteiger partial charge on any atom is 0.244 e. The van der Waals surface area contributed by atoms with Crippen LogP contribution in [0.25, 0.3) is 0 Å². The number of benzene rings is 1. The van der Waals surface area contributed by atoms with Crippen molar-refractivity contribution in [2.45, 2.75) is 17.7 Å². The Morgan fingerprint density at radius 1 is 1.24 bits per heavy atom. The zero-order valence-electron chi connectivity index (χ0n) is 11.9. The molecule has 0 spiro atoms. The van der Waals surface area contributed by atoms with E-state index in [0.717, 1.165) is 0 Å². The third-order valence-electron chi connectivity index (χ3n) is 2.70. The number of hydrogen-bond donors (Lipinski definition) is 3. The van der Waals surface area contributed by atoms with Crippen LogP contribution in [0.15, 0.2) is 17.0 Å². The van der Waals surface area contributed by atoms with Crippen LogP contribution in [0.2, 0.25) is 0 Å². The Kier molecular flexibility index (Phi) is 5.79. The largest absolute Gasteiger partial charge is 0.495 e. The normalized spacial score (nSPS) is 11.1. The number of nitrogens with one attached hydrogen (secondary N) is 1. The van der Waals surface area contributed by atoms with E-state index in [1.54, 1.807) is 0 Å². The quantitative estimate of drug-likeness (QED) is 0.450. The number of rotatable bonds is 8. The molecular weight excluding hydrogens is 298 g/mol. The summed E-state index contributed by atoms with van der Waals surface area (Å²) < 4.78 is 36.8. The van der Waals surface area contributed by atoms with Crippen LogP contribution >= 0.6 is 0 Å². The van der Waals surface area contributed by atoms with E-state index in [2.05, 4.69) is 4.72 Å². The third kappa shape index (κ3) is 4.50. The molecular formula is C12H19N3O5S. The van der Waals surface area contributed by atoms with Crippen LogP contribution in [0.4, 0.5) is 5.69 Å². The van der Waals surface area contributed by atoms with Crippen molar-refractivity contribution >= 4 is 21.6 Å². The van der Waals surface area contributed by atoms with Gasteiger partial charge in [0.25, 0.3) is 0 Å². The summed E-state index contributed by atoms with van der Waals surface area (Å²) in [4.78, 5) is 10.5. The zero-order valence-corrected chi connectivity index (χ0v) is 12.7. The zero-order chi connectivity index (χ0) is 16.0. The Morgan fingerprint density at radius 3 is 2.38 bits per heavy atom. The molecule has 0 aliphatic heterocycles. The van der Waals surface area contributed by atoms with E-state index in [4.69, 9.17) is 20.9 Å². The molecule has 0 saturated carbocycles. The Balaban J connectivity index is 2.97. The van der Waals surface area contributed by atoms with Gasteiger partial charge in [-0.2, -0.15) is 0 Å². The summed E-state index contributed by atoms with van der Waals surface area (Å²) in [6.07, 6.45) is 0.410. The van der Waals surface area contributed by atoms with E-state index in [1.165, 1.54) is 26.4 Å². The highest BCUT2D eigenvalue weighted by molar-refractivity contribution is 7.89. The van der Waals surface area contributed by atoms with Crippen LogP contribution in [0.1, 0.15) is 12.8 Å². The molecule has 0 aliphatic carbocycles. The van der Waals surface area contributed by atoms with Gasteiger partial charge in [-0.3, -0.25) is 4.79 Å². The number of carbonyl (C=O) groups is 1. The highest BCUT2D eigenvalue weighted by Gasteiger charge is 2.21. The lowest BCUT2D eigenvalue weighted by molar-refractivity contribution is -0.118. The minimum Gasteiger partial charge on any atom is -0.495 e. The molecule has 0 aliphatic rings. The average Bonchev–Trinajstić information content (AvgIpc) is 2.43. The second kappa shape index (κ2) is 7.14. The van der Waals surface area contributed by atoms with E-state index < -0.39 is 15.9 Å². The van der Waals surface area contributed by atoms with Crippen LogP contribution < -0.4 is 25.7 Å². The first-order valence-electron chi connectivity index (χ1n) is 6.11. The van der Waals surface area contributed by atoms with E-state index >= 15 is 0 Å². The molecule has 0 aromatic heterocycles. The van der Waals surface area contributed by atoms with Crippen molar-refractivity contribution in [1.82, 2.24) is 4.72 Å². The maximum absolute atomic E-state index is 12.2. The molecule has 8 nitrogen and oxygen atoms in total. The molecule has 1 rings (SSSR count). The van der Waals surface area contributed by atoms with Crippen LogP contribution in [0, 0.1) is 0 Å². The van der Waals surface area contributed by atoms with Crippen LogP contribution in [-0.4, -0.2) is 35.1 Å². The van der Waals surface area contributed by atoms with E-state index in [0.29, 0.717) is 12.2 Å². The number of ether oxygens (including phenoxy) is 2. The van der Waals surface area contributed by atoms with Crippen molar-refractivity contribution in [2.75, 3.05) is 26.5 Å². The molecule has 5 N–H and O–H groups in total. The van der Waals surface area contributed by atoms with E-state index in [1.807, 2.05) is 0 Å². The van der Waals surface area contributed by atoms with Gasteiger partial charge >= 0.3 is 0 Å². The van der Waals surface area contributed by atoms with Crippen LogP contribution in [-0.2, 0) is 14.8 Å². The van der Waals surface area contributed by atoms with Crippen LogP contribution in [0.5, 0.6) is 11.5 Å². The smallest absolute Gasteiger partial charge is 0.244 e. The summed E-state index contributed by atoms with van der Waals surface area (Å²) in [6.45, 7) is 0.0837. The Labute approximate surface area is 123 Å². The Bertz CT molecular complexity index is 616. The lowest BCUT2D eigenvalue weighted by Gasteiger charge is -2.13. The number of methoxy groups -OCH3 is 2. The van der Waals surface area contributed by atoms with Gasteiger partial charge in [0.2, 0.25) is 15.9 Å². The first-order valence-corrected chi connectivity index (χ1v) is 7.59.